The maximum Gasteiger partial charge on any atom is 1.00 e. The Morgan fingerprint density at radius 2 is 1.80 bits per heavy atom. The van der Waals surface area contributed by atoms with Crippen molar-refractivity contribution in [3.63, 3.8) is 0 Å². The van der Waals surface area contributed by atoms with E-state index < -0.39 is 15.0 Å². The molecule has 20 heavy (non-hydrogen) atoms. The standard InChI is InChI=1S/C12H9NO5S.Na/c14-13(15)10-5-2-7-1-3-9-11(19(16,17)18)6-4-8(10)12(7)9;/h2,4-6H,1,3H2,(H,16,17,18);/q;+1/p-1. The molecule has 0 bridgehead atoms. The van der Waals surface area contributed by atoms with E-state index in [1.807, 2.05) is 0 Å². The molecule has 0 unspecified atom stereocenters. The Labute approximate surface area is 137 Å². The van der Waals surface area contributed by atoms with Crippen LogP contribution in [0, 0.1) is 10.1 Å². The topological polar surface area (TPSA) is 100 Å². The second-order valence-electron chi connectivity index (χ2n) is 4.42. The van der Waals surface area contributed by atoms with Crippen LogP contribution in [0.5, 0.6) is 0 Å². The molecule has 2 aromatic carbocycles. The van der Waals surface area contributed by atoms with Gasteiger partial charge >= 0.3 is 29.6 Å². The molecule has 0 aromatic heterocycles. The Kier molecular flexibility index (Phi) is 3.92. The second-order valence-corrected chi connectivity index (χ2v) is 5.77. The molecule has 1 aliphatic rings. The predicted octanol–water partition coefficient (Wildman–Crippen LogP) is -1.25. The summed E-state index contributed by atoms with van der Waals surface area (Å²) in [5.41, 5.74) is 1.18. The second kappa shape index (κ2) is 5.09. The number of aryl methyl sites for hydroxylation is 2. The van der Waals surface area contributed by atoms with Crippen LogP contribution in [0.3, 0.4) is 0 Å². The molecule has 6 nitrogen and oxygen atoms in total. The fourth-order valence-electron chi connectivity index (χ4n) is 2.67. The van der Waals surface area contributed by atoms with E-state index in [0.29, 0.717) is 29.2 Å². The fourth-order valence-corrected chi connectivity index (χ4v) is 3.41. The third kappa shape index (κ3) is 2.25. The number of nitro benzene ring substituents is 1. The van der Waals surface area contributed by atoms with Gasteiger partial charge in [0.15, 0.2) is 0 Å². The summed E-state index contributed by atoms with van der Waals surface area (Å²) in [6, 6.07) is 5.55. The van der Waals surface area contributed by atoms with Crippen molar-refractivity contribution >= 4 is 26.6 Å². The predicted molar refractivity (Wildman–Crippen MR) is 66.0 cm³/mol. The number of hydrogen-bond acceptors (Lipinski definition) is 5. The van der Waals surface area contributed by atoms with Crippen LogP contribution >= 0.6 is 0 Å². The van der Waals surface area contributed by atoms with Gasteiger partial charge in [-0.15, -0.1) is 0 Å². The summed E-state index contributed by atoms with van der Waals surface area (Å²) < 4.78 is 33.6. The molecule has 0 saturated carbocycles. The van der Waals surface area contributed by atoms with Crippen molar-refractivity contribution in [3.05, 3.63) is 45.5 Å². The van der Waals surface area contributed by atoms with Crippen molar-refractivity contribution in [2.45, 2.75) is 17.7 Å². The number of benzene rings is 2. The number of hydrogen-bond donors (Lipinski definition) is 0. The molecular formula is C12H8NNaO5S. The normalized spacial score (nSPS) is 13.2. The van der Waals surface area contributed by atoms with E-state index in [1.165, 1.54) is 18.2 Å². The maximum atomic E-state index is 11.2. The van der Waals surface area contributed by atoms with Crippen molar-refractivity contribution in [1.29, 1.82) is 0 Å². The van der Waals surface area contributed by atoms with E-state index in [9.17, 15) is 23.1 Å². The largest absolute Gasteiger partial charge is 1.00 e. The summed E-state index contributed by atoms with van der Waals surface area (Å²) in [4.78, 5) is 10.2. The van der Waals surface area contributed by atoms with E-state index in [1.54, 1.807) is 6.07 Å². The van der Waals surface area contributed by atoms with Crippen LogP contribution in [0.15, 0.2) is 29.2 Å². The van der Waals surface area contributed by atoms with Crippen LogP contribution in [-0.4, -0.2) is 17.9 Å². The van der Waals surface area contributed by atoms with Crippen molar-refractivity contribution in [3.8, 4) is 0 Å². The Morgan fingerprint density at radius 1 is 1.10 bits per heavy atom. The summed E-state index contributed by atoms with van der Waals surface area (Å²) in [7, 11) is -4.56. The van der Waals surface area contributed by atoms with Gasteiger partial charge in [0.05, 0.1) is 15.2 Å². The molecule has 0 radical (unpaired) electrons. The van der Waals surface area contributed by atoms with Gasteiger partial charge in [0.1, 0.15) is 10.1 Å². The molecule has 0 fully saturated rings. The Bertz CT molecular complexity index is 831. The summed E-state index contributed by atoms with van der Waals surface area (Å²) in [6.07, 6.45) is 1.01. The van der Waals surface area contributed by atoms with Crippen LogP contribution in [0.1, 0.15) is 11.1 Å². The van der Waals surface area contributed by atoms with Gasteiger partial charge in [-0.2, -0.15) is 0 Å². The van der Waals surface area contributed by atoms with Gasteiger partial charge in [0, 0.05) is 6.07 Å². The molecule has 0 saturated heterocycles. The molecule has 0 N–H and O–H groups in total. The number of rotatable bonds is 2. The summed E-state index contributed by atoms with van der Waals surface area (Å²) in [5, 5.41) is 11.9. The average molecular weight is 301 g/mol. The Hall–Kier alpha value is -0.990. The molecule has 1 aliphatic carbocycles. The number of non-ortho nitro benzene ring substituents is 1. The molecule has 0 amide bonds. The fraction of sp³-hybridized carbons (Fsp3) is 0.167. The molecule has 0 atom stereocenters. The summed E-state index contributed by atoms with van der Waals surface area (Å²) >= 11 is 0. The zero-order chi connectivity index (χ0) is 13.8. The van der Waals surface area contributed by atoms with Gasteiger partial charge in [-0.25, -0.2) is 8.42 Å². The van der Waals surface area contributed by atoms with Crippen molar-refractivity contribution in [1.82, 2.24) is 0 Å². The van der Waals surface area contributed by atoms with E-state index in [0.717, 1.165) is 5.56 Å². The molecule has 98 valence electrons. The first-order valence-electron chi connectivity index (χ1n) is 5.57. The number of nitrogens with zero attached hydrogens (tertiary/aromatic N) is 1. The molecule has 2 aromatic rings. The first kappa shape index (κ1) is 15.4. The first-order chi connectivity index (χ1) is 8.89. The quantitative estimate of drug-likeness (QED) is 0.299. The summed E-state index contributed by atoms with van der Waals surface area (Å²) in [5.74, 6) is 0. The molecule has 0 spiro atoms. The van der Waals surface area contributed by atoms with Gasteiger partial charge in [0.2, 0.25) is 0 Å². The maximum absolute atomic E-state index is 11.2. The molecular weight excluding hydrogens is 293 g/mol. The monoisotopic (exact) mass is 301 g/mol. The van der Waals surface area contributed by atoms with Crippen LogP contribution < -0.4 is 29.6 Å². The molecule has 8 heteroatoms. The van der Waals surface area contributed by atoms with Crippen molar-refractivity contribution in [2.75, 3.05) is 0 Å². The van der Waals surface area contributed by atoms with Crippen molar-refractivity contribution < 1.29 is 47.5 Å². The van der Waals surface area contributed by atoms with Crippen LogP contribution in [0.2, 0.25) is 0 Å². The Morgan fingerprint density at radius 3 is 2.40 bits per heavy atom. The molecule has 0 heterocycles. The van der Waals surface area contributed by atoms with E-state index in [-0.39, 0.29) is 40.1 Å². The Balaban J connectivity index is 0.00000147. The average Bonchev–Trinajstić information content (AvgIpc) is 2.73. The van der Waals surface area contributed by atoms with Gasteiger partial charge in [-0.1, -0.05) is 6.07 Å². The minimum absolute atomic E-state index is 0. The van der Waals surface area contributed by atoms with Crippen LogP contribution in [-0.2, 0) is 23.0 Å². The van der Waals surface area contributed by atoms with Gasteiger partial charge in [-0.3, -0.25) is 10.1 Å². The summed E-state index contributed by atoms with van der Waals surface area (Å²) in [6.45, 7) is 0. The third-order valence-corrected chi connectivity index (χ3v) is 4.34. The van der Waals surface area contributed by atoms with E-state index in [2.05, 4.69) is 0 Å². The zero-order valence-electron chi connectivity index (χ0n) is 10.6. The van der Waals surface area contributed by atoms with Crippen molar-refractivity contribution in [2.24, 2.45) is 0 Å². The van der Waals surface area contributed by atoms with Crippen LogP contribution in [0.25, 0.3) is 10.8 Å². The van der Waals surface area contributed by atoms with Gasteiger partial charge < -0.3 is 4.55 Å². The van der Waals surface area contributed by atoms with E-state index >= 15 is 0 Å². The SMILES string of the molecule is O=[N+]([O-])c1ccc2c3c(c(S(=O)(=O)[O-])ccc13)CC2.[Na+]. The minimum atomic E-state index is -4.56. The minimum Gasteiger partial charge on any atom is -0.744 e. The zero-order valence-corrected chi connectivity index (χ0v) is 13.4. The first-order valence-corrected chi connectivity index (χ1v) is 6.98. The van der Waals surface area contributed by atoms with Gasteiger partial charge in [-0.05, 0) is 41.5 Å². The molecule has 3 rings (SSSR count). The third-order valence-electron chi connectivity index (χ3n) is 3.42. The van der Waals surface area contributed by atoms with Crippen LogP contribution in [0.4, 0.5) is 5.69 Å². The van der Waals surface area contributed by atoms with Gasteiger partial charge in [0.25, 0.3) is 5.69 Å². The smallest absolute Gasteiger partial charge is 0.744 e. The molecule has 0 aliphatic heterocycles. The van der Waals surface area contributed by atoms with E-state index in [4.69, 9.17) is 0 Å². The number of nitro groups is 1.